The van der Waals surface area contributed by atoms with Gasteiger partial charge in [0.1, 0.15) is 0 Å². The Kier molecular flexibility index (Phi) is 5.79. The Morgan fingerprint density at radius 1 is 1.20 bits per heavy atom. The molecule has 4 N–H and O–H groups in total. The lowest BCUT2D eigenvalue weighted by Crippen LogP contribution is -2.47. The largest absolute Gasteiger partial charge is 0.370 e. The number of carbonyl (C=O) groups is 1. The minimum atomic E-state index is -0.0100. The number of halogens is 1. The summed E-state index contributed by atoms with van der Waals surface area (Å²) in [5.41, 5.74) is 11.9. The lowest BCUT2D eigenvalue weighted by atomic mass is 10.1. The average molecular weight is 298 g/mol. The Bertz CT molecular complexity index is 493. The Labute approximate surface area is 124 Å². The van der Waals surface area contributed by atoms with E-state index in [1.165, 1.54) is 0 Å². The van der Waals surface area contributed by atoms with Crippen LogP contribution in [-0.2, 0) is 0 Å². The molecule has 0 aliphatic carbocycles. The summed E-state index contributed by atoms with van der Waals surface area (Å²) in [6.45, 7) is 3.31. The molecule has 0 atom stereocenters. The highest BCUT2D eigenvalue weighted by Gasteiger charge is 2.20. The normalized spacial score (nSPS) is 15.3. The van der Waals surface area contributed by atoms with Crippen molar-refractivity contribution in [2.24, 2.45) is 16.5 Å². The summed E-state index contributed by atoms with van der Waals surface area (Å²) in [7, 11) is 2.06. The van der Waals surface area contributed by atoms with Crippen LogP contribution in [-0.4, -0.2) is 54.9 Å². The fourth-order valence-corrected chi connectivity index (χ4v) is 2.05. The average Bonchev–Trinajstić information content (AvgIpc) is 2.38. The molecule has 1 aliphatic rings. The van der Waals surface area contributed by atoms with Gasteiger partial charge in [-0.3, -0.25) is 4.79 Å². The minimum Gasteiger partial charge on any atom is -0.370 e. The quantitative estimate of drug-likeness (QED) is 0.611. The molecule has 0 aromatic heterocycles. The smallest absolute Gasteiger partial charge is 0.254 e. The molecular formula is C13H20ClN5O. The first-order valence-electron chi connectivity index (χ1n) is 6.24. The molecule has 2 rings (SSSR count). The molecule has 0 bridgehead atoms. The van der Waals surface area contributed by atoms with Gasteiger partial charge in [0.15, 0.2) is 5.96 Å². The fraction of sp³-hybridized carbons (Fsp3) is 0.385. The van der Waals surface area contributed by atoms with E-state index in [4.69, 9.17) is 11.5 Å². The molecule has 1 aromatic carbocycles. The maximum Gasteiger partial charge on any atom is 0.254 e. The van der Waals surface area contributed by atoms with Crippen molar-refractivity contribution < 1.29 is 4.79 Å². The molecule has 1 fully saturated rings. The summed E-state index contributed by atoms with van der Waals surface area (Å²) >= 11 is 0. The number of aliphatic imine (C=N–C) groups is 1. The zero-order chi connectivity index (χ0) is 13.8. The predicted molar refractivity (Wildman–Crippen MR) is 82.6 cm³/mol. The molecule has 0 radical (unpaired) electrons. The van der Waals surface area contributed by atoms with Gasteiger partial charge < -0.3 is 21.3 Å². The van der Waals surface area contributed by atoms with Gasteiger partial charge in [-0.2, -0.15) is 0 Å². The summed E-state index contributed by atoms with van der Waals surface area (Å²) in [6.07, 6.45) is 0. The predicted octanol–water partition coefficient (Wildman–Crippen LogP) is 0.401. The number of rotatable bonds is 2. The summed E-state index contributed by atoms with van der Waals surface area (Å²) in [5, 5.41) is 0. The third-order valence-electron chi connectivity index (χ3n) is 3.14. The van der Waals surface area contributed by atoms with Crippen molar-refractivity contribution in [3.63, 3.8) is 0 Å². The van der Waals surface area contributed by atoms with E-state index >= 15 is 0 Å². The zero-order valence-electron chi connectivity index (χ0n) is 11.5. The number of benzene rings is 1. The van der Waals surface area contributed by atoms with Crippen molar-refractivity contribution in [1.82, 2.24) is 9.80 Å². The van der Waals surface area contributed by atoms with E-state index in [1.807, 2.05) is 4.90 Å². The maximum atomic E-state index is 12.3. The van der Waals surface area contributed by atoms with Gasteiger partial charge in [0.2, 0.25) is 0 Å². The lowest BCUT2D eigenvalue weighted by Gasteiger charge is -2.32. The van der Waals surface area contributed by atoms with Gasteiger partial charge in [-0.05, 0) is 25.2 Å². The highest BCUT2D eigenvalue weighted by molar-refractivity contribution is 5.95. The molecule has 20 heavy (non-hydrogen) atoms. The molecule has 1 aliphatic heterocycles. The first-order valence-corrected chi connectivity index (χ1v) is 6.24. The van der Waals surface area contributed by atoms with Crippen LogP contribution in [0.1, 0.15) is 10.4 Å². The van der Waals surface area contributed by atoms with Crippen LogP contribution in [0.25, 0.3) is 0 Å². The number of nitrogens with zero attached hydrogens (tertiary/aromatic N) is 3. The zero-order valence-corrected chi connectivity index (χ0v) is 12.3. The number of amides is 1. The summed E-state index contributed by atoms with van der Waals surface area (Å²) in [5.74, 6) is 0.0185. The highest BCUT2D eigenvalue weighted by atomic mass is 35.5. The number of piperazine rings is 1. The fourth-order valence-electron chi connectivity index (χ4n) is 2.05. The third-order valence-corrected chi connectivity index (χ3v) is 3.14. The van der Waals surface area contributed by atoms with E-state index < -0.39 is 0 Å². The van der Waals surface area contributed by atoms with Gasteiger partial charge in [0, 0.05) is 31.7 Å². The summed E-state index contributed by atoms with van der Waals surface area (Å²) in [6, 6.07) is 7.04. The summed E-state index contributed by atoms with van der Waals surface area (Å²) in [4.78, 5) is 20.4. The number of likely N-dealkylation sites (N-methyl/N-ethyl adjacent to an activating group) is 1. The molecule has 6 nitrogen and oxygen atoms in total. The molecule has 0 unspecified atom stereocenters. The first-order chi connectivity index (χ1) is 9.06. The van der Waals surface area contributed by atoms with Crippen LogP contribution in [0.4, 0.5) is 5.69 Å². The van der Waals surface area contributed by atoms with Crippen LogP contribution in [0.3, 0.4) is 0 Å². The molecule has 0 saturated carbocycles. The molecule has 1 amide bonds. The summed E-state index contributed by atoms with van der Waals surface area (Å²) < 4.78 is 0. The van der Waals surface area contributed by atoms with Crippen molar-refractivity contribution in [3.05, 3.63) is 29.8 Å². The second-order valence-corrected chi connectivity index (χ2v) is 4.68. The molecule has 110 valence electrons. The number of hydrogen-bond acceptors (Lipinski definition) is 3. The number of hydrogen-bond donors (Lipinski definition) is 2. The molecular weight excluding hydrogens is 278 g/mol. The van der Waals surface area contributed by atoms with Gasteiger partial charge in [-0.15, -0.1) is 12.4 Å². The van der Waals surface area contributed by atoms with E-state index in [0.29, 0.717) is 11.3 Å². The van der Waals surface area contributed by atoms with Crippen molar-refractivity contribution in [2.75, 3.05) is 33.2 Å². The Morgan fingerprint density at radius 3 is 2.45 bits per heavy atom. The van der Waals surface area contributed by atoms with E-state index in [2.05, 4.69) is 16.9 Å². The van der Waals surface area contributed by atoms with Crippen LogP contribution in [0, 0.1) is 0 Å². The van der Waals surface area contributed by atoms with Crippen molar-refractivity contribution in [1.29, 1.82) is 0 Å². The topological polar surface area (TPSA) is 87.9 Å². The van der Waals surface area contributed by atoms with E-state index in [-0.39, 0.29) is 24.3 Å². The van der Waals surface area contributed by atoms with E-state index in [1.54, 1.807) is 24.3 Å². The SMILES string of the molecule is CN1CCN(C(=O)c2cccc(N=C(N)N)c2)CC1.Cl. The van der Waals surface area contributed by atoms with Crippen LogP contribution in [0.2, 0.25) is 0 Å². The molecule has 1 aromatic rings. The van der Waals surface area contributed by atoms with Gasteiger partial charge in [-0.25, -0.2) is 4.99 Å². The number of nitrogens with two attached hydrogens (primary N) is 2. The second kappa shape index (κ2) is 7.12. The van der Waals surface area contributed by atoms with Gasteiger partial charge in [0.05, 0.1) is 5.69 Å². The Morgan fingerprint density at radius 2 is 1.85 bits per heavy atom. The van der Waals surface area contributed by atoms with Gasteiger partial charge in [0.25, 0.3) is 5.91 Å². The van der Waals surface area contributed by atoms with Crippen molar-refractivity contribution in [3.8, 4) is 0 Å². The third kappa shape index (κ3) is 4.11. The van der Waals surface area contributed by atoms with Crippen LogP contribution < -0.4 is 11.5 Å². The first kappa shape index (κ1) is 16.3. The number of carbonyl (C=O) groups excluding carboxylic acids is 1. The maximum absolute atomic E-state index is 12.3. The molecule has 0 spiro atoms. The number of guanidine groups is 1. The Hall–Kier alpha value is -1.79. The molecule has 1 heterocycles. The van der Waals surface area contributed by atoms with E-state index in [0.717, 1.165) is 26.2 Å². The lowest BCUT2D eigenvalue weighted by molar-refractivity contribution is 0.0664. The highest BCUT2D eigenvalue weighted by Crippen LogP contribution is 2.16. The Balaban J connectivity index is 0.00000200. The van der Waals surface area contributed by atoms with Gasteiger partial charge >= 0.3 is 0 Å². The monoisotopic (exact) mass is 297 g/mol. The second-order valence-electron chi connectivity index (χ2n) is 4.68. The van der Waals surface area contributed by atoms with Gasteiger partial charge in [-0.1, -0.05) is 6.07 Å². The minimum absolute atomic E-state index is 0. The molecule has 1 saturated heterocycles. The standard InChI is InChI=1S/C13H19N5O.ClH/c1-17-5-7-18(8-6-17)12(19)10-3-2-4-11(9-10)16-13(14)15;/h2-4,9H,5-8H2,1H3,(H4,14,15,16);1H. The van der Waals surface area contributed by atoms with Crippen LogP contribution in [0.15, 0.2) is 29.3 Å². The van der Waals surface area contributed by atoms with Crippen molar-refractivity contribution >= 4 is 30.0 Å². The van der Waals surface area contributed by atoms with Crippen molar-refractivity contribution in [2.45, 2.75) is 0 Å². The van der Waals surface area contributed by atoms with Crippen LogP contribution >= 0.6 is 12.4 Å². The van der Waals surface area contributed by atoms with Crippen LogP contribution in [0.5, 0.6) is 0 Å². The van der Waals surface area contributed by atoms with E-state index in [9.17, 15) is 4.79 Å². The molecule has 7 heteroatoms.